The maximum Gasteiger partial charge on any atom is 0.199 e. The summed E-state index contributed by atoms with van der Waals surface area (Å²) < 4.78 is 5.58. The van der Waals surface area contributed by atoms with Crippen molar-refractivity contribution in [2.45, 2.75) is 0 Å². The third kappa shape index (κ3) is 4.30. The van der Waals surface area contributed by atoms with Crippen LogP contribution in [0.15, 0.2) is 77.8 Å². The number of ether oxygens (including phenoxy) is 1. The molecule has 0 unspecified atom stereocenters. The standard InChI is InChI=1S/C12H10O.C3H4BN/c1-3-7-11(8-4-1)13-12-9-5-2-6-10-12;1-2-5-3-4-1/h1-10H;1-4H. The number of nitrogens with zero attached hydrogens (tertiary/aromatic N) is 1. The van der Waals surface area contributed by atoms with Crippen molar-refractivity contribution >= 4 is 13.4 Å². The van der Waals surface area contributed by atoms with E-state index in [1.54, 1.807) is 6.20 Å². The second-order valence-electron chi connectivity index (χ2n) is 3.68. The van der Waals surface area contributed by atoms with Crippen LogP contribution in [0.2, 0.25) is 0 Å². The van der Waals surface area contributed by atoms with Crippen LogP contribution in [-0.4, -0.2) is 13.4 Å². The number of para-hydroxylation sites is 2. The first-order valence-corrected chi connectivity index (χ1v) is 5.90. The third-order valence-electron chi connectivity index (χ3n) is 2.26. The molecule has 0 saturated heterocycles. The molecule has 2 aromatic carbocycles. The Bertz CT molecular complexity index is 461. The van der Waals surface area contributed by atoms with E-state index in [-0.39, 0.29) is 0 Å². The Morgan fingerprint density at radius 2 is 1.33 bits per heavy atom. The van der Waals surface area contributed by atoms with Gasteiger partial charge in [-0.05, 0) is 30.4 Å². The molecule has 1 heterocycles. The number of aliphatic imine (C=N–C) groups is 1. The van der Waals surface area contributed by atoms with Gasteiger partial charge in [-0.3, -0.25) is 4.99 Å². The normalized spacial score (nSPS) is 11.3. The van der Waals surface area contributed by atoms with E-state index in [2.05, 4.69) is 4.99 Å². The predicted molar refractivity (Wildman–Crippen MR) is 77.7 cm³/mol. The lowest BCUT2D eigenvalue weighted by atomic mass is 9.83. The fourth-order valence-corrected chi connectivity index (χ4v) is 1.42. The summed E-state index contributed by atoms with van der Waals surface area (Å²) in [7, 11) is 1.03. The Balaban J connectivity index is 0.000000202. The van der Waals surface area contributed by atoms with Crippen LogP contribution in [0.1, 0.15) is 0 Å². The molecule has 2 nitrogen and oxygen atoms in total. The van der Waals surface area contributed by atoms with Crippen LogP contribution < -0.4 is 4.74 Å². The SMILES string of the molecule is B1C=CN=C1.c1ccc(Oc2ccccc2)cc1. The van der Waals surface area contributed by atoms with E-state index in [9.17, 15) is 0 Å². The molecule has 1 aliphatic rings. The van der Waals surface area contributed by atoms with Crippen LogP contribution in [0.4, 0.5) is 0 Å². The summed E-state index contributed by atoms with van der Waals surface area (Å²) in [5, 5.41) is 0. The Morgan fingerprint density at radius 3 is 1.67 bits per heavy atom. The smallest absolute Gasteiger partial charge is 0.199 e. The van der Waals surface area contributed by atoms with Crippen molar-refractivity contribution in [1.29, 1.82) is 0 Å². The zero-order valence-corrected chi connectivity index (χ0v) is 10.1. The van der Waals surface area contributed by atoms with Gasteiger partial charge in [0.2, 0.25) is 0 Å². The molecule has 0 fully saturated rings. The molecule has 0 bridgehead atoms. The van der Waals surface area contributed by atoms with Crippen LogP contribution >= 0.6 is 0 Å². The summed E-state index contributed by atoms with van der Waals surface area (Å²) in [5.74, 6) is 3.75. The third-order valence-corrected chi connectivity index (χ3v) is 2.26. The van der Waals surface area contributed by atoms with Gasteiger partial charge in [0.1, 0.15) is 11.5 Å². The molecule has 0 atom stereocenters. The van der Waals surface area contributed by atoms with Crippen LogP contribution in [0.5, 0.6) is 11.5 Å². The zero-order chi connectivity index (χ0) is 12.5. The van der Waals surface area contributed by atoms with Crippen molar-refractivity contribution in [1.82, 2.24) is 0 Å². The van der Waals surface area contributed by atoms with Crippen LogP contribution in [0.25, 0.3) is 0 Å². The molecule has 0 radical (unpaired) electrons. The zero-order valence-electron chi connectivity index (χ0n) is 10.1. The second-order valence-corrected chi connectivity index (χ2v) is 3.68. The van der Waals surface area contributed by atoms with Gasteiger partial charge in [-0.1, -0.05) is 42.4 Å². The van der Waals surface area contributed by atoms with Gasteiger partial charge in [0.05, 0.1) is 0 Å². The van der Waals surface area contributed by atoms with Crippen molar-refractivity contribution in [3.8, 4) is 11.5 Å². The predicted octanol–water partition coefficient (Wildman–Crippen LogP) is 3.41. The molecule has 3 heteroatoms. The van der Waals surface area contributed by atoms with E-state index >= 15 is 0 Å². The Kier molecular flexibility index (Phi) is 4.82. The van der Waals surface area contributed by atoms with E-state index in [1.165, 1.54) is 0 Å². The molecular weight excluding hydrogens is 221 g/mol. The van der Waals surface area contributed by atoms with Gasteiger partial charge < -0.3 is 4.74 Å². The minimum atomic E-state index is 0.869. The minimum absolute atomic E-state index is 0.869. The van der Waals surface area contributed by atoms with E-state index < -0.39 is 0 Å². The monoisotopic (exact) mass is 235 g/mol. The van der Waals surface area contributed by atoms with Crippen molar-refractivity contribution in [2.24, 2.45) is 4.99 Å². The summed E-state index contributed by atoms with van der Waals surface area (Å²) in [6.07, 6.45) is 3.68. The first-order chi connectivity index (χ1) is 8.95. The average Bonchev–Trinajstić information content (AvgIpc) is 3.00. The first kappa shape index (κ1) is 12.2. The quantitative estimate of drug-likeness (QED) is 0.731. The van der Waals surface area contributed by atoms with Crippen LogP contribution in [0, 0.1) is 0 Å². The highest BCUT2D eigenvalue weighted by molar-refractivity contribution is 6.73. The number of rotatable bonds is 2. The second kappa shape index (κ2) is 7.12. The molecule has 3 rings (SSSR count). The average molecular weight is 235 g/mol. The lowest BCUT2D eigenvalue weighted by molar-refractivity contribution is 0.482. The van der Waals surface area contributed by atoms with Crippen molar-refractivity contribution in [2.75, 3.05) is 0 Å². The lowest BCUT2D eigenvalue weighted by Gasteiger charge is -2.03. The van der Waals surface area contributed by atoms with Crippen LogP contribution in [-0.2, 0) is 0 Å². The van der Waals surface area contributed by atoms with Gasteiger partial charge in [0.15, 0.2) is 7.28 Å². The molecule has 0 N–H and O–H groups in total. The summed E-state index contributed by atoms with van der Waals surface area (Å²) in [4.78, 5) is 3.78. The van der Waals surface area contributed by atoms with Gasteiger partial charge in [-0.25, -0.2) is 0 Å². The summed E-state index contributed by atoms with van der Waals surface area (Å²) >= 11 is 0. The molecule has 88 valence electrons. The van der Waals surface area contributed by atoms with Gasteiger partial charge in [-0.2, -0.15) is 0 Å². The number of hydrogen-bond donors (Lipinski definition) is 0. The van der Waals surface area contributed by atoms with Gasteiger partial charge >= 0.3 is 0 Å². The number of benzene rings is 2. The molecule has 0 spiro atoms. The molecule has 18 heavy (non-hydrogen) atoms. The molecular formula is C15H14BNO. The van der Waals surface area contributed by atoms with Crippen molar-refractivity contribution < 1.29 is 4.74 Å². The highest BCUT2D eigenvalue weighted by Gasteiger charge is 1.92. The first-order valence-electron chi connectivity index (χ1n) is 5.90. The summed E-state index contributed by atoms with van der Waals surface area (Å²) in [6.45, 7) is 0. The van der Waals surface area contributed by atoms with Crippen molar-refractivity contribution in [3.63, 3.8) is 0 Å². The molecule has 0 aromatic heterocycles. The van der Waals surface area contributed by atoms with Gasteiger partial charge in [0, 0.05) is 6.20 Å². The Labute approximate surface area is 108 Å². The number of hydrogen-bond acceptors (Lipinski definition) is 2. The Hall–Kier alpha value is -2.29. The summed E-state index contributed by atoms with van der Waals surface area (Å²) in [5.41, 5.74) is 0. The maximum absolute atomic E-state index is 5.58. The van der Waals surface area contributed by atoms with Crippen LogP contribution in [0.3, 0.4) is 0 Å². The molecule has 1 aliphatic heterocycles. The topological polar surface area (TPSA) is 21.6 Å². The molecule has 0 aliphatic carbocycles. The fourth-order valence-electron chi connectivity index (χ4n) is 1.42. The Morgan fingerprint density at radius 1 is 0.778 bits per heavy atom. The molecule has 0 saturated carbocycles. The largest absolute Gasteiger partial charge is 0.457 e. The molecule has 0 amide bonds. The summed E-state index contributed by atoms with van der Waals surface area (Å²) in [6, 6.07) is 19.5. The van der Waals surface area contributed by atoms with Crippen molar-refractivity contribution in [3.05, 3.63) is 72.8 Å². The minimum Gasteiger partial charge on any atom is -0.457 e. The van der Waals surface area contributed by atoms with Gasteiger partial charge in [0.25, 0.3) is 0 Å². The van der Waals surface area contributed by atoms with E-state index in [4.69, 9.17) is 4.74 Å². The van der Waals surface area contributed by atoms with Gasteiger partial charge in [-0.15, -0.1) is 0 Å². The lowest BCUT2D eigenvalue weighted by Crippen LogP contribution is -1.81. The van der Waals surface area contributed by atoms with E-state index in [1.807, 2.05) is 72.8 Å². The van der Waals surface area contributed by atoms with E-state index in [0.717, 1.165) is 18.8 Å². The molecule has 2 aromatic rings. The maximum atomic E-state index is 5.58. The van der Waals surface area contributed by atoms with E-state index in [0.29, 0.717) is 0 Å². The highest BCUT2D eigenvalue weighted by Crippen LogP contribution is 2.19. The highest BCUT2D eigenvalue weighted by atomic mass is 16.5. The fraction of sp³-hybridized carbons (Fsp3) is 0.